The highest BCUT2D eigenvalue weighted by Crippen LogP contribution is 2.44. The Balaban J connectivity index is 2.47. The Morgan fingerprint density at radius 1 is 1.26 bits per heavy atom. The second-order valence-corrected chi connectivity index (χ2v) is 5.83. The van der Waals surface area contributed by atoms with Gasteiger partial charge in [0, 0.05) is 12.5 Å². The molecule has 0 amide bonds. The molecule has 0 aliphatic heterocycles. The van der Waals surface area contributed by atoms with Crippen molar-refractivity contribution in [3.63, 3.8) is 0 Å². The molecule has 0 bridgehead atoms. The van der Waals surface area contributed by atoms with Crippen LogP contribution in [0.1, 0.15) is 63.9 Å². The summed E-state index contributed by atoms with van der Waals surface area (Å²) in [6.07, 6.45) is 4.08. The highest BCUT2D eigenvalue weighted by atomic mass is 79.9. The van der Waals surface area contributed by atoms with E-state index in [1.165, 1.54) is 12.8 Å². The average Bonchev–Trinajstić information content (AvgIpc) is 3.23. The van der Waals surface area contributed by atoms with Gasteiger partial charge in [0.25, 0.3) is 0 Å². The number of nitrogens with two attached hydrogens (primary N) is 1. The fourth-order valence-electron chi connectivity index (χ4n) is 2.42. The summed E-state index contributed by atoms with van der Waals surface area (Å²) < 4.78 is 6.83. The quantitative estimate of drug-likeness (QED) is 0.864. The molecule has 19 heavy (non-hydrogen) atoms. The van der Waals surface area contributed by atoms with Crippen LogP contribution in [0.4, 0.5) is 5.82 Å². The molecule has 1 fully saturated rings. The van der Waals surface area contributed by atoms with Crippen LogP contribution in [0, 0.1) is 0 Å². The first kappa shape index (κ1) is 14.7. The molecule has 0 unspecified atom stereocenters. The summed E-state index contributed by atoms with van der Waals surface area (Å²) in [5.41, 5.74) is 6.68. The zero-order chi connectivity index (χ0) is 14.0. The van der Waals surface area contributed by atoms with Crippen molar-refractivity contribution in [2.24, 2.45) is 0 Å². The summed E-state index contributed by atoms with van der Waals surface area (Å²) in [5.74, 6) is 1.80. The molecule has 0 spiro atoms. The summed E-state index contributed by atoms with van der Waals surface area (Å²) >= 11 is 3.51. The van der Waals surface area contributed by atoms with Crippen LogP contribution in [0.3, 0.4) is 0 Å². The van der Waals surface area contributed by atoms with E-state index >= 15 is 0 Å². The number of rotatable bonds is 6. The molecule has 2 rings (SSSR count). The molecule has 106 valence electrons. The first-order valence-corrected chi connectivity index (χ1v) is 7.84. The van der Waals surface area contributed by atoms with E-state index in [1.54, 1.807) is 0 Å². The number of anilines is 1. The van der Waals surface area contributed by atoms with Gasteiger partial charge in [-0.25, -0.2) is 9.97 Å². The number of hydrogen-bond donors (Lipinski definition) is 1. The lowest BCUT2D eigenvalue weighted by atomic mass is 9.95. The lowest BCUT2D eigenvalue weighted by molar-refractivity contribution is -0.0572. The summed E-state index contributed by atoms with van der Waals surface area (Å²) in [6, 6.07) is 0. The van der Waals surface area contributed by atoms with Crippen LogP contribution in [-0.2, 0) is 10.3 Å². The first-order chi connectivity index (χ1) is 9.07. The van der Waals surface area contributed by atoms with E-state index in [0.29, 0.717) is 18.3 Å². The minimum Gasteiger partial charge on any atom is -0.383 e. The first-order valence-electron chi connectivity index (χ1n) is 7.05. The number of nitrogens with zero attached hydrogens (tertiary/aromatic N) is 2. The summed E-state index contributed by atoms with van der Waals surface area (Å²) in [7, 11) is 0. The fraction of sp³-hybridized carbons (Fsp3) is 0.714. The van der Waals surface area contributed by atoms with Crippen molar-refractivity contribution in [2.75, 3.05) is 12.3 Å². The summed E-state index contributed by atoms with van der Waals surface area (Å²) in [4.78, 5) is 9.24. The van der Waals surface area contributed by atoms with E-state index in [-0.39, 0.29) is 0 Å². The van der Waals surface area contributed by atoms with E-state index in [9.17, 15) is 0 Å². The zero-order valence-corrected chi connectivity index (χ0v) is 13.5. The maximum Gasteiger partial charge on any atom is 0.162 e. The van der Waals surface area contributed by atoms with Gasteiger partial charge in [-0.2, -0.15) is 0 Å². The standard InChI is InChI=1S/C14H22BrN3O/c1-4-14(5-2,19-6-3)13-17-11(9-7-8-9)10(15)12(16)18-13/h9H,4-8H2,1-3H3,(H2,16,17,18). The van der Waals surface area contributed by atoms with E-state index in [4.69, 9.17) is 15.5 Å². The number of hydrogen-bond acceptors (Lipinski definition) is 4. The number of aromatic nitrogens is 2. The molecule has 1 aromatic rings. The van der Waals surface area contributed by atoms with Gasteiger partial charge in [0.1, 0.15) is 11.4 Å². The van der Waals surface area contributed by atoms with Gasteiger partial charge in [-0.1, -0.05) is 13.8 Å². The Labute approximate surface area is 123 Å². The van der Waals surface area contributed by atoms with Gasteiger partial charge in [0.15, 0.2) is 5.82 Å². The maximum absolute atomic E-state index is 6.04. The largest absolute Gasteiger partial charge is 0.383 e. The smallest absolute Gasteiger partial charge is 0.162 e. The van der Waals surface area contributed by atoms with Crippen molar-refractivity contribution in [2.45, 2.75) is 58.0 Å². The van der Waals surface area contributed by atoms with Gasteiger partial charge >= 0.3 is 0 Å². The summed E-state index contributed by atoms with van der Waals surface area (Å²) in [5, 5.41) is 0. The summed E-state index contributed by atoms with van der Waals surface area (Å²) in [6.45, 7) is 6.87. The SMILES string of the molecule is CCOC(CC)(CC)c1nc(N)c(Br)c(C2CC2)n1. The molecule has 1 aliphatic rings. The zero-order valence-electron chi connectivity index (χ0n) is 11.9. The van der Waals surface area contributed by atoms with Crippen LogP contribution in [0.25, 0.3) is 0 Å². The third-order valence-corrected chi connectivity index (χ3v) is 4.65. The van der Waals surface area contributed by atoms with Gasteiger partial charge in [0.2, 0.25) is 0 Å². The topological polar surface area (TPSA) is 61.0 Å². The molecule has 0 radical (unpaired) electrons. The lowest BCUT2D eigenvalue weighted by Crippen LogP contribution is -2.31. The predicted molar refractivity (Wildman–Crippen MR) is 80.0 cm³/mol. The molecule has 1 aliphatic carbocycles. The minimum atomic E-state index is -0.410. The minimum absolute atomic E-state index is 0.410. The average molecular weight is 328 g/mol. The molecular weight excluding hydrogens is 306 g/mol. The van der Waals surface area contributed by atoms with Gasteiger partial charge in [-0.15, -0.1) is 0 Å². The van der Waals surface area contributed by atoms with Crippen LogP contribution < -0.4 is 5.73 Å². The molecule has 2 N–H and O–H groups in total. The van der Waals surface area contributed by atoms with Gasteiger partial charge < -0.3 is 10.5 Å². The van der Waals surface area contributed by atoms with Gasteiger partial charge in [-0.05, 0) is 48.5 Å². The number of nitrogen functional groups attached to an aromatic ring is 1. The second-order valence-electron chi connectivity index (χ2n) is 5.04. The van der Waals surface area contributed by atoms with Crippen LogP contribution in [0.5, 0.6) is 0 Å². The van der Waals surface area contributed by atoms with Crippen LogP contribution in [0.15, 0.2) is 4.47 Å². The normalized spacial score (nSPS) is 15.8. The van der Waals surface area contributed by atoms with Crippen LogP contribution >= 0.6 is 15.9 Å². The van der Waals surface area contributed by atoms with Crippen molar-refractivity contribution >= 4 is 21.7 Å². The van der Waals surface area contributed by atoms with E-state index in [0.717, 1.165) is 28.8 Å². The Kier molecular flexibility index (Phi) is 4.46. The predicted octanol–water partition coefficient (Wildman–Crippen LogP) is 3.75. The lowest BCUT2D eigenvalue weighted by Gasteiger charge is -2.30. The van der Waals surface area contributed by atoms with Crippen molar-refractivity contribution in [1.29, 1.82) is 0 Å². The molecule has 5 heteroatoms. The molecule has 4 nitrogen and oxygen atoms in total. The van der Waals surface area contributed by atoms with Crippen molar-refractivity contribution < 1.29 is 4.74 Å². The molecule has 0 saturated heterocycles. The van der Waals surface area contributed by atoms with Crippen LogP contribution in [-0.4, -0.2) is 16.6 Å². The fourth-order valence-corrected chi connectivity index (χ4v) is 2.93. The number of ether oxygens (including phenoxy) is 1. The Bertz CT molecular complexity index is 456. The third-order valence-electron chi connectivity index (χ3n) is 3.84. The molecular formula is C14H22BrN3O. The van der Waals surface area contributed by atoms with Crippen molar-refractivity contribution in [3.8, 4) is 0 Å². The molecule has 1 aromatic heterocycles. The molecule has 1 saturated carbocycles. The third kappa shape index (κ3) is 2.77. The van der Waals surface area contributed by atoms with Gasteiger partial charge in [0.05, 0.1) is 10.2 Å². The Hall–Kier alpha value is -0.680. The maximum atomic E-state index is 6.04. The van der Waals surface area contributed by atoms with E-state index in [1.807, 2.05) is 6.92 Å². The second kappa shape index (κ2) is 5.75. The Morgan fingerprint density at radius 2 is 1.89 bits per heavy atom. The van der Waals surface area contributed by atoms with E-state index < -0.39 is 5.60 Å². The van der Waals surface area contributed by atoms with Gasteiger partial charge in [-0.3, -0.25) is 0 Å². The highest BCUT2D eigenvalue weighted by Gasteiger charge is 2.36. The molecule has 0 atom stereocenters. The van der Waals surface area contributed by atoms with E-state index in [2.05, 4.69) is 34.8 Å². The molecule has 0 aromatic carbocycles. The molecule has 1 heterocycles. The monoisotopic (exact) mass is 327 g/mol. The van der Waals surface area contributed by atoms with Crippen molar-refractivity contribution in [3.05, 3.63) is 16.0 Å². The number of halogens is 1. The highest BCUT2D eigenvalue weighted by molar-refractivity contribution is 9.10. The van der Waals surface area contributed by atoms with Crippen molar-refractivity contribution in [1.82, 2.24) is 9.97 Å². The van der Waals surface area contributed by atoms with Crippen LogP contribution in [0.2, 0.25) is 0 Å². The Morgan fingerprint density at radius 3 is 2.37 bits per heavy atom.